The number of hydrogen-bond donors (Lipinski definition) is 1. The van der Waals surface area contributed by atoms with Crippen molar-refractivity contribution in [2.75, 3.05) is 0 Å². The van der Waals surface area contributed by atoms with E-state index in [1.807, 2.05) is 38.2 Å². The summed E-state index contributed by atoms with van der Waals surface area (Å²) in [5, 5.41) is 9.18. The molecule has 2 rings (SSSR count). The lowest BCUT2D eigenvalue weighted by Gasteiger charge is -2.15. The van der Waals surface area contributed by atoms with Crippen LogP contribution in [0.25, 0.3) is 0 Å². The lowest BCUT2D eigenvalue weighted by atomic mass is 10.1. The molecule has 1 aromatic carbocycles. The molecule has 0 unspecified atom stereocenters. The maximum absolute atomic E-state index is 6.21. The Morgan fingerprint density at radius 1 is 1.32 bits per heavy atom. The zero-order valence-electron chi connectivity index (χ0n) is 11.2. The maximum atomic E-state index is 6.21. The summed E-state index contributed by atoms with van der Waals surface area (Å²) in [6.45, 7) is 4.72. The quantitative estimate of drug-likeness (QED) is 0.928. The lowest BCUT2D eigenvalue weighted by molar-refractivity contribution is 0.573. The molecule has 3 nitrogen and oxygen atoms in total. The molecule has 102 valence electrons. The Hall–Kier alpha value is -1.03. The molecule has 0 aliphatic heterocycles. The van der Waals surface area contributed by atoms with Gasteiger partial charge in [0.25, 0.3) is 0 Å². The van der Waals surface area contributed by atoms with E-state index in [-0.39, 0.29) is 6.04 Å². The molecule has 0 bridgehead atoms. The molecule has 19 heavy (non-hydrogen) atoms. The summed E-state index contributed by atoms with van der Waals surface area (Å²) in [5.74, 6) is 0. The van der Waals surface area contributed by atoms with Crippen molar-refractivity contribution in [3.8, 4) is 0 Å². The van der Waals surface area contributed by atoms with Gasteiger partial charge in [-0.1, -0.05) is 41.4 Å². The second kappa shape index (κ2) is 5.95. The molecule has 0 aliphatic rings. The predicted octanol–water partition coefficient (Wildman–Crippen LogP) is 3.89. The van der Waals surface area contributed by atoms with E-state index in [0.717, 1.165) is 21.8 Å². The standard InChI is InChI=1S/C14H17Cl2N3/c1-9(11-6-4-5-7-13(11)15)17-8-12-10(2)18-19(3)14(12)16/h4-7,9,17H,8H2,1-3H3/t9-/m0/s1. The highest BCUT2D eigenvalue weighted by molar-refractivity contribution is 6.31. The molecular formula is C14H17Cl2N3. The molecule has 1 aromatic heterocycles. The van der Waals surface area contributed by atoms with Crippen LogP contribution in [0.4, 0.5) is 0 Å². The predicted molar refractivity (Wildman–Crippen MR) is 79.7 cm³/mol. The zero-order chi connectivity index (χ0) is 14.0. The fraction of sp³-hybridized carbons (Fsp3) is 0.357. The van der Waals surface area contributed by atoms with Crippen LogP contribution in [-0.2, 0) is 13.6 Å². The van der Waals surface area contributed by atoms with Crippen molar-refractivity contribution in [2.24, 2.45) is 7.05 Å². The van der Waals surface area contributed by atoms with Crippen LogP contribution in [0.1, 0.15) is 29.8 Å². The second-order valence-electron chi connectivity index (χ2n) is 4.60. The van der Waals surface area contributed by atoms with Gasteiger partial charge in [-0.15, -0.1) is 0 Å². The SMILES string of the molecule is Cc1nn(C)c(Cl)c1CN[C@@H](C)c1ccccc1Cl. The van der Waals surface area contributed by atoms with E-state index in [2.05, 4.69) is 17.3 Å². The average Bonchev–Trinajstić information content (AvgIpc) is 2.61. The van der Waals surface area contributed by atoms with Gasteiger partial charge in [0.1, 0.15) is 5.15 Å². The Kier molecular flexibility index (Phi) is 4.50. The second-order valence-corrected chi connectivity index (χ2v) is 5.37. The fourth-order valence-electron chi connectivity index (χ4n) is 2.07. The molecule has 5 heteroatoms. The Morgan fingerprint density at radius 2 is 2.00 bits per heavy atom. The Morgan fingerprint density at radius 3 is 2.58 bits per heavy atom. The first kappa shape index (κ1) is 14.4. The molecular weight excluding hydrogens is 281 g/mol. The largest absolute Gasteiger partial charge is 0.306 e. The molecule has 0 saturated heterocycles. The van der Waals surface area contributed by atoms with Gasteiger partial charge < -0.3 is 5.32 Å². The van der Waals surface area contributed by atoms with Gasteiger partial charge in [0.2, 0.25) is 0 Å². The first-order valence-corrected chi connectivity index (χ1v) is 6.92. The van der Waals surface area contributed by atoms with Crippen LogP contribution < -0.4 is 5.32 Å². The van der Waals surface area contributed by atoms with Gasteiger partial charge in [0.15, 0.2) is 0 Å². The van der Waals surface area contributed by atoms with Gasteiger partial charge in [-0.3, -0.25) is 4.68 Å². The third-order valence-electron chi connectivity index (χ3n) is 3.23. The van der Waals surface area contributed by atoms with E-state index >= 15 is 0 Å². The highest BCUT2D eigenvalue weighted by Crippen LogP contribution is 2.24. The van der Waals surface area contributed by atoms with Crippen molar-refractivity contribution in [3.05, 3.63) is 51.3 Å². The summed E-state index contributed by atoms with van der Waals surface area (Å²) in [4.78, 5) is 0. The molecule has 0 amide bonds. The molecule has 0 aliphatic carbocycles. The van der Waals surface area contributed by atoms with Crippen molar-refractivity contribution in [3.63, 3.8) is 0 Å². The zero-order valence-corrected chi connectivity index (χ0v) is 12.8. The number of hydrogen-bond acceptors (Lipinski definition) is 2. The van der Waals surface area contributed by atoms with Crippen LogP contribution in [0.3, 0.4) is 0 Å². The van der Waals surface area contributed by atoms with E-state index in [1.54, 1.807) is 4.68 Å². The molecule has 0 spiro atoms. The van der Waals surface area contributed by atoms with E-state index in [0.29, 0.717) is 11.7 Å². The maximum Gasteiger partial charge on any atom is 0.131 e. The summed E-state index contributed by atoms with van der Waals surface area (Å²) in [6, 6.07) is 8.00. The number of benzene rings is 1. The molecule has 0 saturated carbocycles. The van der Waals surface area contributed by atoms with Crippen molar-refractivity contribution < 1.29 is 0 Å². The average molecular weight is 298 g/mol. The first-order valence-electron chi connectivity index (χ1n) is 6.16. The van der Waals surface area contributed by atoms with Crippen molar-refractivity contribution in [1.29, 1.82) is 0 Å². The summed E-state index contributed by atoms with van der Waals surface area (Å²) in [6.07, 6.45) is 0. The van der Waals surface area contributed by atoms with Crippen LogP contribution >= 0.6 is 23.2 Å². The van der Waals surface area contributed by atoms with Gasteiger partial charge in [0.05, 0.1) is 5.69 Å². The highest BCUT2D eigenvalue weighted by Gasteiger charge is 2.13. The topological polar surface area (TPSA) is 29.9 Å². The number of nitrogens with zero attached hydrogens (tertiary/aromatic N) is 2. The van der Waals surface area contributed by atoms with E-state index in [9.17, 15) is 0 Å². The van der Waals surface area contributed by atoms with Gasteiger partial charge in [0, 0.05) is 30.2 Å². The molecule has 1 heterocycles. The van der Waals surface area contributed by atoms with Gasteiger partial charge in [-0.25, -0.2) is 0 Å². The van der Waals surface area contributed by atoms with Crippen molar-refractivity contribution in [1.82, 2.24) is 15.1 Å². The fourth-order valence-corrected chi connectivity index (χ4v) is 2.61. The van der Waals surface area contributed by atoms with Gasteiger partial charge in [-0.2, -0.15) is 5.10 Å². The third-order valence-corrected chi connectivity index (χ3v) is 4.04. The number of halogens is 2. The minimum atomic E-state index is 0.157. The Bertz CT molecular complexity index is 578. The van der Waals surface area contributed by atoms with Crippen LogP contribution in [0.2, 0.25) is 10.2 Å². The van der Waals surface area contributed by atoms with Crippen LogP contribution in [-0.4, -0.2) is 9.78 Å². The monoisotopic (exact) mass is 297 g/mol. The summed E-state index contributed by atoms with van der Waals surface area (Å²) < 4.78 is 1.69. The molecule has 2 aromatic rings. The number of nitrogens with one attached hydrogen (secondary N) is 1. The molecule has 1 N–H and O–H groups in total. The first-order chi connectivity index (χ1) is 9.00. The van der Waals surface area contributed by atoms with Gasteiger partial charge >= 0.3 is 0 Å². The number of aryl methyl sites for hydroxylation is 2. The van der Waals surface area contributed by atoms with E-state index < -0.39 is 0 Å². The van der Waals surface area contributed by atoms with Crippen LogP contribution in [0.5, 0.6) is 0 Å². The van der Waals surface area contributed by atoms with E-state index in [4.69, 9.17) is 23.2 Å². The van der Waals surface area contributed by atoms with Crippen LogP contribution in [0, 0.1) is 6.92 Å². The van der Waals surface area contributed by atoms with Gasteiger partial charge in [-0.05, 0) is 25.5 Å². The molecule has 0 fully saturated rings. The number of rotatable bonds is 4. The van der Waals surface area contributed by atoms with Crippen molar-refractivity contribution >= 4 is 23.2 Å². The van der Waals surface area contributed by atoms with Crippen LogP contribution in [0.15, 0.2) is 24.3 Å². The normalized spacial score (nSPS) is 12.7. The van der Waals surface area contributed by atoms with Crippen molar-refractivity contribution in [2.45, 2.75) is 26.4 Å². The molecule has 0 radical (unpaired) electrons. The Balaban J connectivity index is 2.09. The number of aromatic nitrogens is 2. The highest BCUT2D eigenvalue weighted by atomic mass is 35.5. The smallest absolute Gasteiger partial charge is 0.131 e. The van der Waals surface area contributed by atoms with E-state index in [1.165, 1.54) is 0 Å². The molecule has 1 atom stereocenters. The third kappa shape index (κ3) is 3.11. The minimum Gasteiger partial charge on any atom is -0.306 e. The summed E-state index contributed by atoms with van der Waals surface area (Å²) in [7, 11) is 1.84. The Labute approximate surface area is 123 Å². The minimum absolute atomic E-state index is 0.157. The summed E-state index contributed by atoms with van der Waals surface area (Å²) >= 11 is 12.4. The lowest BCUT2D eigenvalue weighted by Crippen LogP contribution is -2.18. The summed E-state index contributed by atoms with van der Waals surface area (Å²) in [5.41, 5.74) is 3.07.